The van der Waals surface area contributed by atoms with Gasteiger partial charge < -0.3 is 5.32 Å². The van der Waals surface area contributed by atoms with Crippen molar-refractivity contribution < 1.29 is 4.79 Å². The molecule has 0 aliphatic carbocycles. The van der Waals surface area contributed by atoms with Crippen molar-refractivity contribution in [3.63, 3.8) is 0 Å². The summed E-state index contributed by atoms with van der Waals surface area (Å²) in [6, 6.07) is 4.97. The smallest absolute Gasteiger partial charge is 0.238 e. The average molecular weight is 355 g/mol. The van der Waals surface area contributed by atoms with Crippen molar-refractivity contribution in [3.8, 4) is 0 Å². The molecule has 0 fully saturated rings. The topological polar surface area (TPSA) is 50.2 Å². The Morgan fingerprint density at radius 1 is 1.35 bits per heavy atom. The van der Waals surface area contributed by atoms with Crippen LogP contribution in [0.4, 0.5) is 5.69 Å². The van der Waals surface area contributed by atoms with Crippen LogP contribution in [0.15, 0.2) is 18.2 Å². The Balaban J connectivity index is 1.98. The van der Waals surface area contributed by atoms with E-state index in [1.807, 2.05) is 37.5 Å². The molecule has 0 atom stereocenters. The van der Waals surface area contributed by atoms with Gasteiger partial charge in [0.1, 0.15) is 0 Å². The Morgan fingerprint density at radius 2 is 2.04 bits per heavy atom. The third kappa shape index (κ3) is 4.47. The van der Waals surface area contributed by atoms with E-state index in [4.69, 9.17) is 23.2 Å². The number of aromatic nitrogens is 2. The molecule has 0 spiro atoms. The molecule has 23 heavy (non-hydrogen) atoms. The van der Waals surface area contributed by atoms with Gasteiger partial charge in [-0.1, -0.05) is 23.2 Å². The lowest BCUT2D eigenvalue weighted by Gasteiger charge is -2.17. The fourth-order valence-corrected chi connectivity index (χ4v) is 2.74. The maximum absolute atomic E-state index is 12.2. The lowest BCUT2D eigenvalue weighted by Crippen LogP contribution is -2.30. The molecule has 0 unspecified atom stereocenters. The lowest BCUT2D eigenvalue weighted by molar-refractivity contribution is -0.117. The van der Waals surface area contributed by atoms with Crippen molar-refractivity contribution in [2.45, 2.75) is 20.4 Å². The Bertz CT molecular complexity index is 727. The third-order valence-electron chi connectivity index (χ3n) is 3.70. The van der Waals surface area contributed by atoms with Crippen LogP contribution in [0.5, 0.6) is 0 Å². The number of nitrogens with zero attached hydrogens (tertiary/aromatic N) is 3. The lowest BCUT2D eigenvalue weighted by atomic mass is 10.2. The molecule has 5 nitrogen and oxygen atoms in total. The van der Waals surface area contributed by atoms with Gasteiger partial charge in [0.2, 0.25) is 5.91 Å². The van der Waals surface area contributed by atoms with Crippen molar-refractivity contribution in [2.24, 2.45) is 7.05 Å². The molecular formula is C16H20Cl2N4O. The van der Waals surface area contributed by atoms with Crippen LogP contribution in [0.3, 0.4) is 0 Å². The van der Waals surface area contributed by atoms with Gasteiger partial charge >= 0.3 is 0 Å². The van der Waals surface area contributed by atoms with E-state index in [-0.39, 0.29) is 12.5 Å². The van der Waals surface area contributed by atoms with Crippen molar-refractivity contribution in [3.05, 3.63) is 45.2 Å². The third-order valence-corrected chi connectivity index (χ3v) is 4.27. The molecule has 1 heterocycles. The van der Waals surface area contributed by atoms with E-state index in [1.54, 1.807) is 18.2 Å². The Labute approximate surface area is 146 Å². The molecular weight excluding hydrogens is 335 g/mol. The molecule has 0 radical (unpaired) electrons. The summed E-state index contributed by atoms with van der Waals surface area (Å²) in [5, 5.41) is 8.16. The van der Waals surface area contributed by atoms with E-state index in [0.29, 0.717) is 22.3 Å². The monoisotopic (exact) mass is 354 g/mol. The van der Waals surface area contributed by atoms with Gasteiger partial charge in [0, 0.05) is 29.9 Å². The number of benzene rings is 1. The summed E-state index contributed by atoms with van der Waals surface area (Å²) in [6.45, 7) is 4.90. The van der Waals surface area contributed by atoms with Gasteiger partial charge in [-0.3, -0.25) is 14.4 Å². The average Bonchev–Trinajstić information content (AvgIpc) is 2.69. The van der Waals surface area contributed by atoms with Gasteiger partial charge in [0.05, 0.1) is 22.9 Å². The van der Waals surface area contributed by atoms with Crippen molar-refractivity contribution in [1.29, 1.82) is 0 Å². The molecule has 2 aromatic rings. The zero-order chi connectivity index (χ0) is 17.1. The molecule has 0 saturated carbocycles. The second kappa shape index (κ2) is 7.34. The fourth-order valence-electron chi connectivity index (χ4n) is 2.40. The Hall–Kier alpha value is -1.56. The van der Waals surface area contributed by atoms with Crippen LogP contribution in [-0.4, -0.2) is 34.2 Å². The van der Waals surface area contributed by atoms with Crippen LogP contribution < -0.4 is 5.32 Å². The number of halogens is 2. The van der Waals surface area contributed by atoms with E-state index >= 15 is 0 Å². The molecule has 1 N–H and O–H groups in total. The maximum Gasteiger partial charge on any atom is 0.238 e. The van der Waals surface area contributed by atoms with Gasteiger partial charge in [0.25, 0.3) is 0 Å². The summed E-state index contributed by atoms with van der Waals surface area (Å²) < 4.78 is 1.85. The highest BCUT2D eigenvalue weighted by atomic mass is 35.5. The number of nitrogens with one attached hydrogen (secondary N) is 1. The van der Waals surface area contributed by atoms with Gasteiger partial charge in [0.15, 0.2) is 0 Å². The largest absolute Gasteiger partial charge is 0.324 e. The highest BCUT2D eigenvalue weighted by molar-refractivity contribution is 6.35. The first-order valence-electron chi connectivity index (χ1n) is 7.20. The van der Waals surface area contributed by atoms with Crippen LogP contribution >= 0.6 is 23.2 Å². The molecule has 124 valence electrons. The second-order valence-corrected chi connectivity index (χ2v) is 6.46. The number of hydrogen-bond acceptors (Lipinski definition) is 3. The fraction of sp³-hybridized carbons (Fsp3) is 0.375. The zero-order valence-corrected chi connectivity index (χ0v) is 15.2. The second-order valence-electron chi connectivity index (χ2n) is 5.62. The minimum Gasteiger partial charge on any atom is -0.324 e. The van der Waals surface area contributed by atoms with E-state index in [2.05, 4.69) is 10.4 Å². The van der Waals surface area contributed by atoms with Gasteiger partial charge in [-0.15, -0.1) is 0 Å². The number of anilines is 1. The highest BCUT2D eigenvalue weighted by Gasteiger charge is 2.14. The Morgan fingerprint density at radius 3 is 2.65 bits per heavy atom. The predicted molar refractivity (Wildman–Crippen MR) is 94.1 cm³/mol. The summed E-state index contributed by atoms with van der Waals surface area (Å²) >= 11 is 12.0. The van der Waals surface area contributed by atoms with Crippen molar-refractivity contribution in [1.82, 2.24) is 14.7 Å². The molecule has 0 bridgehead atoms. The number of rotatable bonds is 5. The van der Waals surface area contributed by atoms with E-state index in [1.165, 1.54) is 0 Å². The summed E-state index contributed by atoms with van der Waals surface area (Å²) in [4.78, 5) is 14.1. The number of hydrogen-bond donors (Lipinski definition) is 1. The normalized spacial score (nSPS) is 11.1. The number of carbonyl (C=O) groups excluding carboxylic acids is 1. The highest BCUT2D eigenvalue weighted by Crippen LogP contribution is 2.25. The quantitative estimate of drug-likeness (QED) is 0.894. The van der Waals surface area contributed by atoms with Gasteiger partial charge in [-0.2, -0.15) is 5.10 Å². The minimum atomic E-state index is -0.143. The van der Waals surface area contributed by atoms with E-state index < -0.39 is 0 Å². The van der Waals surface area contributed by atoms with E-state index in [0.717, 1.165) is 17.0 Å². The first-order valence-corrected chi connectivity index (χ1v) is 7.96. The maximum atomic E-state index is 12.2. The SMILES string of the molecule is Cc1nn(C)c(C)c1CN(C)CC(=O)Nc1cc(Cl)ccc1Cl. The molecule has 0 aliphatic rings. The van der Waals surface area contributed by atoms with Gasteiger partial charge in [-0.05, 0) is 39.1 Å². The molecule has 1 aromatic carbocycles. The van der Waals surface area contributed by atoms with Crippen molar-refractivity contribution in [2.75, 3.05) is 18.9 Å². The molecule has 7 heteroatoms. The standard InChI is InChI=1S/C16H20Cl2N4O/c1-10-13(11(2)22(4)20-10)8-21(3)9-16(23)19-15-7-12(17)5-6-14(15)18/h5-7H,8-9H2,1-4H3,(H,19,23). The molecule has 2 rings (SSSR count). The van der Waals surface area contributed by atoms with Crippen LogP contribution in [-0.2, 0) is 18.4 Å². The molecule has 0 saturated heterocycles. The first-order chi connectivity index (χ1) is 10.8. The Kier molecular flexibility index (Phi) is 5.68. The van der Waals surface area contributed by atoms with Gasteiger partial charge in [-0.25, -0.2) is 0 Å². The molecule has 1 amide bonds. The number of likely N-dealkylation sites (N-methyl/N-ethyl adjacent to an activating group) is 1. The summed E-state index contributed by atoms with van der Waals surface area (Å²) in [5.74, 6) is -0.143. The summed E-state index contributed by atoms with van der Waals surface area (Å²) in [5.41, 5.74) is 3.75. The van der Waals surface area contributed by atoms with E-state index in [9.17, 15) is 4.79 Å². The first kappa shape index (κ1) is 17.8. The summed E-state index contributed by atoms with van der Waals surface area (Å²) in [7, 11) is 3.81. The number of amides is 1. The zero-order valence-electron chi connectivity index (χ0n) is 13.7. The van der Waals surface area contributed by atoms with Crippen LogP contribution in [0, 0.1) is 13.8 Å². The van der Waals surface area contributed by atoms with Crippen LogP contribution in [0.1, 0.15) is 17.0 Å². The van der Waals surface area contributed by atoms with Crippen LogP contribution in [0.25, 0.3) is 0 Å². The number of aryl methyl sites for hydroxylation is 2. The molecule has 1 aromatic heterocycles. The van der Waals surface area contributed by atoms with Crippen molar-refractivity contribution >= 4 is 34.8 Å². The molecule has 0 aliphatic heterocycles. The number of carbonyl (C=O) groups is 1. The summed E-state index contributed by atoms with van der Waals surface area (Å²) in [6.07, 6.45) is 0. The van der Waals surface area contributed by atoms with Crippen LogP contribution in [0.2, 0.25) is 10.0 Å². The minimum absolute atomic E-state index is 0.143. The predicted octanol–water partition coefficient (Wildman–Crippen LogP) is 3.41.